The molecule has 2 fully saturated rings. The topological polar surface area (TPSA) is 12.5 Å². The molecule has 2 unspecified atom stereocenters. The van der Waals surface area contributed by atoms with Crippen molar-refractivity contribution in [2.45, 2.75) is 31.2 Å². The molecule has 0 aliphatic carbocycles. The highest BCUT2D eigenvalue weighted by molar-refractivity contribution is 4.92. The highest BCUT2D eigenvalue weighted by Gasteiger charge is 2.52. The van der Waals surface area contributed by atoms with E-state index in [1.165, 1.54) is 0 Å². The molecule has 2 atom stereocenters. The molecule has 0 aromatic heterocycles. The average molecular weight is 181 g/mol. The Hall–Kier alpha value is -0.290. The summed E-state index contributed by atoms with van der Waals surface area (Å²) in [6.07, 6.45) is -4.26. The number of hydrogen-bond donors (Lipinski definition) is 0. The lowest BCUT2D eigenvalue weighted by Gasteiger charge is -2.19. The second-order valence-corrected chi connectivity index (χ2v) is 3.28. The highest BCUT2D eigenvalue weighted by atomic mass is 19.4. The Morgan fingerprint density at radius 2 is 2.08 bits per heavy atom. The molecule has 0 bridgehead atoms. The van der Waals surface area contributed by atoms with Crippen molar-refractivity contribution in [3.63, 3.8) is 0 Å². The maximum Gasteiger partial charge on any atom is 0.416 e. The summed E-state index contributed by atoms with van der Waals surface area (Å²) in [5.41, 5.74) is 0. The summed E-state index contributed by atoms with van der Waals surface area (Å²) in [6.45, 7) is 0.895. The molecule has 0 aromatic rings. The molecule has 2 heterocycles. The number of nitrogens with zero attached hydrogens (tertiary/aromatic N) is 1. The average Bonchev–Trinajstić information content (AvgIpc) is 2.37. The van der Waals surface area contributed by atoms with Crippen molar-refractivity contribution in [1.29, 1.82) is 0 Å². The molecule has 0 aromatic carbocycles. The van der Waals surface area contributed by atoms with E-state index in [1.807, 2.05) is 0 Å². The van der Waals surface area contributed by atoms with Crippen LogP contribution in [-0.4, -0.2) is 36.5 Å². The largest absolute Gasteiger partial charge is 0.416 e. The van der Waals surface area contributed by atoms with Crippen molar-refractivity contribution < 1.29 is 17.9 Å². The number of rotatable bonds is 0. The van der Waals surface area contributed by atoms with Crippen LogP contribution < -0.4 is 0 Å². The molecule has 0 N–H and O–H groups in total. The predicted molar refractivity (Wildman–Crippen MR) is 35.5 cm³/mol. The maximum absolute atomic E-state index is 12.2. The van der Waals surface area contributed by atoms with Crippen LogP contribution in [-0.2, 0) is 4.74 Å². The van der Waals surface area contributed by atoms with Crippen molar-refractivity contribution in [2.75, 3.05) is 13.3 Å². The molecule has 2 aliphatic rings. The molecule has 0 saturated carbocycles. The lowest BCUT2D eigenvalue weighted by Crippen LogP contribution is -2.39. The van der Waals surface area contributed by atoms with Gasteiger partial charge in [-0.05, 0) is 12.8 Å². The molecule has 0 amide bonds. The first-order valence-corrected chi connectivity index (χ1v) is 4.01. The molecular weight excluding hydrogens is 171 g/mol. The van der Waals surface area contributed by atoms with Crippen molar-refractivity contribution >= 4 is 0 Å². The third-order valence-electron chi connectivity index (χ3n) is 2.51. The fourth-order valence-corrected chi connectivity index (χ4v) is 1.95. The van der Waals surface area contributed by atoms with Gasteiger partial charge in [-0.1, -0.05) is 0 Å². The summed E-state index contributed by atoms with van der Waals surface area (Å²) in [6, 6.07) is -0.412. The van der Waals surface area contributed by atoms with Crippen LogP contribution in [0.3, 0.4) is 0 Å². The number of alkyl halides is 3. The highest BCUT2D eigenvalue weighted by Crippen LogP contribution is 2.36. The van der Waals surface area contributed by atoms with Crippen molar-refractivity contribution in [3.05, 3.63) is 0 Å². The Labute approximate surface area is 68.3 Å². The van der Waals surface area contributed by atoms with Crippen LogP contribution in [0.15, 0.2) is 0 Å². The normalized spacial score (nSPS) is 37.2. The van der Waals surface area contributed by atoms with Gasteiger partial charge in [-0.15, -0.1) is 0 Å². The van der Waals surface area contributed by atoms with Crippen LogP contribution in [0.4, 0.5) is 13.2 Å². The minimum absolute atomic E-state index is 0.148. The van der Waals surface area contributed by atoms with Crippen molar-refractivity contribution in [1.82, 2.24) is 4.90 Å². The van der Waals surface area contributed by atoms with Crippen LogP contribution in [0.5, 0.6) is 0 Å². The Morgan fingerprint density at radius 1 is 1.33 bits per heavy atom. The summed E-state index contributed by atoms with van der Waals surface area (Å²) in [5.74, 6) is 0. The number of ether oxygens (including phenoxy) is 1. The van der Waals surface area contributed by atoms with Gasteiger partial charge in [0.25, 0.3) is 0 Å². The lowest BCUT2D eigenvalue weighted by molar-refractivity contribution is -0.209. The maximum atomic E-state index is 12.2. The molecule has 0 spiro atoms. The third kappa shape index (κ3) is 1.21. The Balaban J connectivity index is 2.09. The van der Waals surface area contributed by atoms with Gasteiger partial charge in [0, 0.05) is 12.6 Å². The zero-order chi connectivity index (χ0) is 8.77. The smallest absolute Gasteiger partial charge is 0.352 e. The van der Waals surface area contributed by atoms with Gasteiger partial charge in [0.15, 0.2) is 6.10 Å². The van der Waals surface area contributed by atoms with Gasteiger partial charge in [-0.3, -0.25) is 4.90 Å². The van der Waals surface area contributed by atoms with E-state index in [0.717, 1.165) is 13.0 Å². The van der Waals surface area contributed by atoms with Gasteiger partial charge in [0.2, 0.25) is 0 Å². The van der Waals surface area contributed by atoms with E-state index in [-0.39, 0.29) is 6.73 Å². The first-order valence-electron chi connectivity index (χ1n) is 4.01. The standard InChI is InChI=1S/C7H10F3NO/c8-7(9,10)6-5-2-1-3-11(5)4-12-6/h5-6H,1-4H2. The van der Waals surface area contributed by atoms with E-state index in [2.05, 4.69) is 4.74 Å². The number of halogens is 3. The van der Waals surface area contributed by atoms with Crippen LogP contribution in [0, 0.1) is 0 Å². The van der Waals surface area contributed by atoms with Crippen LogP contribution >= 0.6 is 0 Å². The summed E-state index contributed by atoms with van der Waals surface area (Å²) in [7, 11) is 0. The van der Waals surface area contributed by atoms with E-state index in [4.69, 9.17) is 0 Å². The molecular formula is C7H10F3NO. The zero-order valence-corrected chi connectivity index (χ0v) is 6.47. The predicted octanol–water partition coefficient (Wildman–Crippen LogP) is 1.37. The fraction of sp³-hybridized carbons (Fsp3) is 1.00. The van der Waals surface area contributed by atoms with E-state index in [0.29, 0.717) is 6.42 Å². The van der Waals surface area contributed by atoms with E-state index in [9.17, 15) is 13.2 Å². The summed E-state index contributed by atoms with van der Waals surface area (Å²) in [4.78, 5) is 1.76. The second kappa shape index (κ2) is 2.60. The molecule has 5 heteroatoms. The molecule has 0 radical (unpaired) electrons. The van der Waals surface area contributed by atoms with Gasteiger partial charge in [-0.25, -0.2) is 0 Å². The summed E-state index contributed by atoms with van der Waals surface area (Å²) < 4.78 is 41.4. The molecule has 2 saturated heterocycles. The fourth-order valence-electron chi connectivity index (χ4n) is 1.95. The van der Waals surface area contributed by atoms with E-state index < -0.39 is 18.3 Å². The van der Waals surface area contributed by atoms with Gasteiger partial charge in [0.05, 0.1) is 0 Å². The molecule has 2 aliphatic heterocycles. The molecule has 70 valence electrons. The molecule has 12 heavy (non-hydrogen) atoms. The minimum atomic E-state index is -4.19. The van der Waals surface area contributed by atoms with Gasteiger partial charge in [0.1, 0.15) is 6.73 Å². The van der Waals surface area contributed by atoms with E-state index >= 15 is 0 Å². The summed E-state index contributed by atoms with van der Waals surface area (Å²) in [5, 5.41) is 0. The SMILES string of the molecule is FC(F)(F)C1OCN2CCCC12. The zero-order valence-electron chi connectivity index (χ0n) is 6.47. The van der Waals surface area contributed by atoms with Crippen molar-refractivity contribution in [2.24, 2.45) is 0 Å². The van der Waals surface area contributed by atoms with Crippen LogP contribution in [0.25, 0.3) is 0 Å². The molecule has 2 nitrogen and oxygen atoms in total. The number of hydrogen-bond acceptors (Lipinski definition) is 2. The molecule has 2 rings (SSSR count). The van der Waals surface area contributed by atoms with Gasteiger partial charge in [-0.2, -0.15) is 13.2 Å². The monoisotopic (exact) mass is 181 g/mol. The minimum Gasteiger partial charge on any atom is -0.352 e. The van der Waals surface area contributed by atoms with Crippen LogP contribution in [0.2, 0.25) is 0 Å². The van der Waals surface area contributed by atoms with Crippen molar-refractivity contribution in [3.8, 4) is 0 Å². The van der Waals surface area contributed by atoms with Crippen LogP contribution in [0.1, 0.15) is 12.8 Å². The summed E-state index contributed by atoms with van der Waals surface area (Å²) >= 11 is 0. The third-order valence-corrected chi connectivity index (χ3v) is 2.51. The van der Waals surface area contributed by atoms with Gasteiger partial charge < -0.3 is 4.74 Å². The van der Waals surface area contributed by atoms with E-state index in [1.54, 1.807) is 4.90 Å². The Kier molecular flexibility index (Phi) is 1.80. The van der Waals surface area contributed by atoms with Gasteiger partial charge >= 0.3 is 6.18 Å². The Bertz CT molecular complexity index is 182. The quantitative estimate of drug-likeness (QED) is 0.559. The second-order valence-electron chi connectivity index (χ2n) is 3.28. The first kappa shape index (κ1) is 8.31. The number of fused-ring (bicyclic) bond motifs is 1. The lowest BCUT2D eigenvalue weighted by atomic mass is 10.1. The first-order chi connectivity index (χ1) is 5.59. The Morgan fingerprint density at radius 3 is 2.75 bits per heavy atom.